The van der Waals surface area contributed by atoms with Gasteiger partial charge in [-0.1, -0.05) is 47.5 Å². The molecule has 2 heterocycles. The van der Waals surface area contributed by atoms with E-state index >= 15 is 0 Å². The van der Waals surface area contributed by atoms with Crippen LogP contribution in [0.25, 0.3) is 0 Å². The molecule has 8 heteroatoms. The average Bonchev–Trinajstić information content (AvgIpc) is 3.15. The number of hydrogen-bond acceptors (Lipinski definition) is 5. The number of aryl methyl sites for hydroxylation is 2. The molecule has 0 saturated carbocycles. The van der Waals surface area contributed by atoms with E-state index in [4.69, 9.17) is 4.74 Å². The van der Waals surface area contributed by atoms with Crippen LogP contribution in [0.5, 0.6) is 0 Å². The smallest absolute Gasteiger partial charge is 0.338 e. The van der Waals surface area contributed by atoms with Crippen molar-refractivity contribution in [1.82, 2.24) is 20.0 Å². The van der Waals surface area contributed by atoms with Gasteiger partial charge >= 0.3 is 12.0 Å². The summed E-state index contributed by atoms with van der Waals surface area (Å²) in [7, 11) is 0. The molecular formula is C30H38N4O4. The third kappa shape index (κ3) is 6.07. The van der Waals surface area contributed by atoms with E-state index in [2.05, 4.69) is 10.2 Å². The Morgan fingerprint density at radius 2 is 1.58 bits per heavy atom. The topological polar surface area (TPSA) is 82.2 Å². The molecule has 0 bridgehead atoms. The van der Waals surface area contributed by atoms with Crippen LogP contribution >= 0.6 is 0 Å². The first kappa shape index (κ1) is 27.4. The summed E-state index contributed by atoms with van der Waals surface area (Å²) in [4.78, 5) is 45.4. The Kier molecular flexibility index (Phi) is 8.84. The minimum absolute atomic E-state index is 0.0324. The lowest BCUT2D eigenvalue weighted by Crippen LogP contribution is -2.51. The second kappa shape index (κ2) is 12.3. The highest BCUT2D eigenvalue weighted by molar-refractivity contribution is 5.95. The van der Waals surface area contributed by atoms with Gasteiger partial charge in [0.2, 0.25) is 0 Å². The van der Waals surface area contributed by atoms with Gasteiger partial charge in [-0.05, 0) is 51.8 Å². The van der Waals surface area contributed by atoms with Crippen molar-refractivity contribution in [3.8, 4) is 0 Å². The van der Waals surface area contributed by atoms with Crippen LogP contribution in [0, 0.1) is 13.8 Å². The van der Waals surface area contributed by atoms with Crippen molar-refractivity contribution >= 4 is 17.9 Å². The summed E-state index contributed by atoms with van der Waals surface area (Å²) in [5, 5.41) is 3.02. The van der Waals surface area contributed by atoms with Gasteiger partial charge in [0.05, 0.1) is 18.2 Å². The van der Waals surface area contributed by atoms with Crippen molar-refractivity contribution in [2.75, 3.05) is 45.9 Å². The number of urea groups is 1. The highest BCUT2D eigenvalue weighted by Crippen LogP contribution is 2.32. The minimum Gasteiger partial charge on any atom is -0.463 e. The number of rotatable bonds is 7. The Balaban J connectivity index is 1.61. The summed E-state index contributed by atoms with van der Waals surface area (Å²) in [6.07, 6.45) is 0.805. The van der Waals surface area contributed by atoms with Crippen LogP contribution in [-0.2, 0) is 9.53 Å². The second-order valence-electron chi connectivity index (χ2n) is 9.91. The predicted octanol–water partition coefficient (Wildman–Crippen LogP) is 4.05. The third-order valence-corrected chi connectivity index (χ3v) is 7.21. The molecule has 2 aromatic carbocycles. The van der Waals surface area contributed by atoms with Crippen molar-refractivity contribution < 1.29 is 19.1 Å². The molecule has 202 valence electrons. The molecule has 1 unspecified atom stereocenters. The van der Waals surface area contributed by atoms with Crippen molar-refractivity contribution in [2.24, 2.45) is 0 Å². The third-order valence-electron chi connectivity index (χ3n) is 7.21. The van der Waals surface area contributed by atoms with Gasteiger partial charge in [0.1, 0.15) is 0 Å². The zero-order valence-electron chi connectivity index (χ0n) is 22.8. The van der Waals surface area contributed by atoms with Gasteiger partial charge in [-0.25, -0.2) is 9.59 Å². The molecule has 2 aliphatic heterocycles. The van der Waals surface area contributed by atoms with E-state index in [1.54, 1.807) is 11.8 Å². The molecule has 3 amide bonds. The average molecular weight is 519 g/mol. The van der Waals surface area contributed by atoms with Crippen LogP contribution in [-0.4, -0.2) is 78.5 Å². The fourth-order valence-electron chi connectivity index (χ4n) is 5.09. The zero-order valence-corrected chi connectivity index (χ0v) is 22.8. The number of nitrogens with zero attached hydrogens (tertiary/aromatic N) is 3. The quantitative estimate of drug-likeness (QED) is 0.559. The zero-order chi connectivity index (χ0) is 27.2. The molecule has 1 N–H and O–H groups in total. The lowest BCUT2D eigenvalue weighted by Gasteiger charge is -2.38. The summed E-state index contributed by atoms with van der Waals surface area (Å²) in [6.45, 7) is 11.4. The maximum absolute atomic E-state index is 13.3. The summed E-state index contributed by atoms with van der Waals surface area (Å²) < 4.78 is 5.49. The van der Waals surface area contributed by atoms with Gasteiger partial charge in [0.15, 0.2) is 0 Å². The maximum atomic E-state index is 13.3. The monoisotopic (exact) mass is 518 g/mol. The van der Waals surface area contributed by atoms with E-state index in [1.165, 1.54) is 0 Å². The highest BCUT2D eigenvalue weighted by Gasteiger charge is 2.38. The molecule has 38 heavy (non-hydrogen) atoms. The molecule has 1 atom stereocenters. The molecule has 1 fully saturated rings. The van der Waals surface area contributed by atoms with E-state index in [-0.39, 0.29) is 18.5 Å². The van der Waals surface area contributed by atoms with Gasteiger partial charge in [-0.3, -0.25) is 14.6 Å². The first-order valence-corrected chi connectivity index (χ1v) is 13.4. The SMILES string of the molecule is CCOC(=O)C1=C(CN2CCCN(C(=O)c3ccc(C)cc3)CC2)N(CC)C(=O)NC1c1ccc(C)cc1. The number of carbonyl (C=O) groups excluding carboxylic acids is 3. The summed E-state index contributed by atoms with van der Waals surface area (Å²) >= 11 is 0. The van der Waals surface area contributed by atoms with Crippen LogP contribution in [0.3, 0.4) is 0 Å². The molecule has 8 nitrogen and oxygen atoms in total. The second-order valence-corrected chi connectivity index (χ2v) is 9.91. The lowest BCUT2D eigenvalue weighted by molar-refractivity contribution is -0.139. The van der Waals surface area contributed by atoms with E-state index in [1.807, 2.05) is 74.2 Å². The fourth-order valence-corrected chi connectivity index (χ4v) is 5.09. The number of amides is 3. The summed E-state index contributed by atoms with van der Waals surface area (Å²) in [5.41, 5.74) is 4.88. The van der Waals surface area contributed by atoms with Crippen molar-refractivity contribution in [2.45, 2.75) is 40.2 Å². The van der Waals surface area contributed by atoms with Gasteiger partial charge in [-0.15, -0.1) is 0 Å². The molecular weight excluding hydrogens is 480 g/mol. The Morgan fingerprint density at radius 3 is 2.21 bits per heavy atom. The van der Waals surface area contributed by atoms with Gasteiger partial charge in [-0.2, -0.15) is 0 Å². The molecule has 0 aromatic heterocycles. The number of carbonyl (C=O) groups is 3. The highest BCUT2D eigenvalue weighted by atomic mass is 16.5. The molecule has 2 aromatic rings. The fraction of sp³-hybridized carbons (Fsp3) is 0.433. The Hall–Kier alpha value is -3.65. The standard InChI is InChI=1S/C30H38N4O4/c1-5-34-25(20-32-16-7-17-33(19-18-32)28(35)24-14-10-22(4)11-15-24)26(29(36)38-6-2)27(31-30(34)37)23-12-8-21(3)9-13-23/h8-15,27H,5-7,16-20H2,1-4H3,(H,31,37). The van der Waals surface area contributed by atoms with E-state index < -0.39 is 12.0 Å². The van der Waals surface area contributed by atoms with Crippen LogP contribution in [0.2, 0.25) is 0 Å². The number of likely N-dealkylation sites (N-methyl/N-ethyl adjacent to an activating group) is 1. The predicted molar refractivity (Wildman–Crippen MR) is 147 cm³/mol. The largest absolute Gasteiger partial charge is 0.463 e. The molecule has 0 radical (unpaired) electrons. The number of ether oxygens (including phenoxy) is 1. The van der Waals surface area contributed by atoms with Gasteiger partial charge in [0, 0.05) is 50.5 Å². The molecule has 1 saturated heterocycles. The van der Waals surface area contributed by atoms with Crippen LogP contribution < -0.4 is 5.32 Å². The molecule has 0 aliphatic carbocycles. The van der Waals surface area contributed by atoms with Crippen molar-refractivity contribution in [3.63, 3.8) is 0 Å². The summed E-state index contributed by atoms with van der Waals surface area (Å²) in [6, 6.07) is 14.7. The van der Waals surface area contributed by atoms with Crippen molar-refractivity contribution in [3.05, 3.63) is 82.1 Å². The van der Waals surface area contributed by atoms with E-state index in [0.29, 0.717) is 49.6 Å². The minimum atomic E-state index is -0.591. The number of hydrogen-bond donors (Lipinski definition) is 1. The molecule has 0 spiro atoms. The van der Waals surface area contributed by atoms with Crippen LogP contribution in [0.15, 0.2) is 59.8 Å². The van der Waals surface area contributed by atoms with E-state index in [9.17, 15) is 14.4 Å². The number of benzene rings is 2. The van der Waals surface area contributed by atoms with Crippen LogP contribution in [0.4, 0.5) is 4.79 Å². The van der Waals surface area contributed by atoms with Crippen molar-refractivity contribution in [1.29, 1.82) is 0 Å². The lowest BCUT2D eigenvalue weighted by atomic mass is 9.93. The van der Waals surface area contributed by atoms with Gasteiger partial charge in [0.25, 0.3) is 5.91 Å². The van der Waals surface area contributed by atoms with E-state index in [0.717, 1.165) is 29.7 Å². The van der Waals surface area contributed by atoms with Crippen LogP contribution in [0.1, 0.15) is 53.4 Å². The molecule has 4 rings (SSSR count). The first-order valence-electron chi connectivity index (χ1n) is 13.4. The van der Waals surface area contributed by atoms with Gasteiger partial charge < -0.3 is 15.0 Å². The maximum Gasteiger partial charge on any atom is 0.338 e. The Morgan fingerprint density at radius 1 is 0.921 bits per heavy atom. The first-order chi connectivity index (χ1) is 18.3. The normalized spacial score (nSPS) is 18.7. The summed E-state index contributed by atoms with van der Waals surface area (Å²) in [5.74, 6) is -0.387. The number of nitrogens with one attached hydrogen (secondary N) is 1. The molecule has 2 aliphatic rings. The number of esters is 1. The Bertz CT molecular complexity index is 1190. The Labute approximate surface area is 225 Å².